The Bertz CT molecular complexity index is 447. The molecule has 1 amide bonds. The number of ether oxygens (including phenoxy) is 1. The fourth-order valence-corrected chi connectivity index (χ4v) is 1.46. The van der Waals surface area contributed by atoms with Gasteiger partial charge in [-0.05, 0) is 24.1 Å². The molecule has 0 radical (unpaired) electrons. The van der Waals surface area contributed by atoms with Crippen LogP contribution in [0.25, 0.3) is 0 Å². The Kier molecular flexibility index (Phi) is 6.48. The number of benzene rings is 1. The number of nitrogens with two attached hydrogens (primary N) is 1. The summed E-state index contributed by atoms with van der Waals surface area (Å²) in [5, 5.41) is 19.7. The Morgan fingerprint density at radius 3 is 2.50 bits per heavy atom. The Morgan fingerprint density at radius 1 is 1.30 bits per heavy atom. The molecule has 0 aliphatic rings. The number of aliphatic hydroxyl groups is 1. The van der Waals surface area contributed by atoms with E-state index < -0.39 is 12.0 Å². The molecule has 0 spiro atoms. The van der Waals surface area contributed by atoms with E-state index in [0.717, 1.165) is 5.56 Å². The second-order valence-corrected chi connectivity index (χ2v) is 4.16. The van der Waals surface area contributed by atoms with Crippen molar-refractivity contribution in [3.05, 3.63) is 29.8 Å². The first-order valence-corrected chi connectivity index (χ1v) is 6.10. The van der Waals surface area contributed by atoms with E-state index in [4.69, 9.17) is 20.7 Å². The number of hydrogen-bond donors (Lipinski definition) is 4. The summed E-state index contributed by atoms with van der Waals surface area (Å²) >= 11 is 0. The molecule has 7 heteroatoms. The van der Waals surface area contributed by atoms with Crippen molar-refractivity contribution in [3.63, 3.8) is 0 Å². The zero-order valence-corrected chi connectivity index (χ0v) is 10.9. The third kappa shape index (κ3) is 5.68. The third-order valence-electron chi connectivity index (χ3n) is 2.50. The van der Waals surface area contributed by atoms with Crippen LogP contribution in [0.5, 0.6) is 5.75 Å². The van der Waals surface area contributed by atoms with E-state index in [1.807, 2.05) is 0 Å². The van der Waals surface area contributed by atoms with Crippen LogP contribution in [0.1, 0.15) is 5.56 Å². The molecule has 0 bridgehead atoms. The molecule has 0 saturated carbocycles. The third-order valence-corrected chi connectivity index (χ3v) is 2.50. The number of carboxylic acids is 1. The summed E-state index contributed by atoms with van der Waals surface area (Å²) < 4.78 is 5.23. The van der Waals surface area contributed by atoms with Crippen LogP contribution in [0.4, 0.5) is 0 Å². The fraction of sp³-hybridized carbons (Fsp3) is 0.385. The molecule has 1 aromatic rings. The molecule has 20 heavy (non-hydrogen) atoms. The van der Waals surface area contributed by atoms with Gasteiger partial charge in [-0.2, -0.15) is 0 Å². The first-order valence-electron chi connectivity index (χ1n) is 6.10. The minimum absolute atomic E-state index is 0.121. The average Bonchev–Trinajstić information content (AvgIpc) is 2.44. The quantitative estimate of drug-likeness (QED) is 0.491. The van der Waals surface area contributed by atoms with E-state index in [-0.39, 0.29) is 32.1 Å². The highest BCUT2D eigenvalue weighted by Gasteiger charge is 2.11. The number of carbonyl (C=O) groups excluding carboxylic acids is 1. The summed E-state index contributed by atoms with van der Waals surface area (Å²) in [5.41, 5.74) is 6.20. The highest BCUT2D eigenvalue weighted by atomic mass is 16.5. The van der Waals surface area contributed by atoms with Crippen LogP contribution in [0.15, 0.2) is 24.3 Å². The number of nitrogens with one attached hydrogen (secondary N) is 1. The van der Waals surface area contributed by atoms with Crippen LogP contribution in [-0.2, 0) is 16.0 Å². The molecular formula is C13H18N2O5. The number of carboxylic acid groups (broad SMARTS) is 1. The second-order valence-electron chi connectivity index (χ2n) is 4.16. The number of aliphatic carboxylic acids is 1. The number of aliphatic hydroxyl groups excluding tert-OH is 1. The van der Waals surface area contributed by atoms with Crippen LogP contribution in [0.2, 0.25) is 0 Å². The van der Waals surface area contributed by atoms with E-state index in [0.29, 0.717) is 5.75 Å². The number of hydrogen-bond acceptors (Lipinski definition) is 5. The molecule has 1 atom stereocenters. The van der Waals surface area contributed by atoms with E-state index >= 15 is 0 Å². The second kappa shape index (κ2) is 8.13. The lowest BCUT2D eigenvalue weighted by molar-refractivity contribution is -0.138. The largest absolute Gasteiger partial charge is 0.484 e. The van der Waals surface area contributed by atoms with E-state index in [2.05, 4.69) is 5.32 Å². The molecule has 0 fully saturated rings. The van der Waals surface area contributed by atoms with E-state index in [9.17, 15) is 9.59 Å². The summed E-state index contributed by atoms with van der Waals surface area (Å²) in [6.45, 7) is -0.0769. The van der Waals surface area contributed by atoms with Gasteiger partial charge >= 0.3 is 5.97 Å². The minimum Gasteiger partial charge on any atom is -0.484 e. The average molecular weight is 282 g/mol. The smallest absolute Gasteiger partial charge is 0.320 e. The maximum Gasteiger partial charge on any atom is 0.320 e. The SMILES string of the molecule is N[C@@H](Cc1ccc(OCC(=O)NCCO)cc1)C(=O)O. The minimum atomic E-state index is -1.05. The molecule has 0 aliphatic carbocycles. The van der Waals surface area contributed by atoms with Gasteiger partial charge in [0.05, 0.1) is 6.61 Å². The molecule has 0 aromatic heterocycles. The molecule has 0 aliphatic heterocycles. The molecule has 0 heterocycles. The molecule has 0 unspecified atom stereocenters. The van der Waals surface area contributed by atoms with Gasteiger partial charge in [0.2, 0.25) is 0 Å². The summed E-state index contributed by atoms with van der Waals surface area (Å²) in [5.74, 6) is -0.876. The summed E-state index contributed by atoms with van der Waals surface area (Å²) in [7, 11) is 0. The lowest BCUT2D eigenvalue weighted by Crippen LogP contribution is -2.32. The monoisotopic (exact) mass is 282 g/mol. The van der Waals surface area contributed by atoms with Crippen molar-refractivity contribution in [2.45, 2.75) is 12.5 Å². The standard InChI is InChI=1S/C13H18N2O5/c14-11(13(18)19)7-9-1-3-10(4-2-9)20-8-12(17)15-5-6-16/h1-4,11,16H,5-8,14H2,(H,15,17)(H,18,19)/t11-/m0/s1. The van der Waals surface area contributed by atoms with E-state index in [1.165, 1.54) is 0 Å². The Morgan fingerprint density at radius 2 is 1.95 bits per heavy atom. The van der Waals surface area contributed by atoms with Crippen molar-refractivity contribution in [1.29, 1.82) is 0 Å². The summed E-state index contributed by atoms with van der Waals surface area (Å²) in [6.07, 6.45) is 0.229. The first-order chi connectivity index (χ1) is 9.52. The molecular weight excluding hydrogens is 264 g/mol. The Balaban J connectivity index is 2.42. The van der Waals surface area contributed by atoms with Gasteiger partial charge in [0.25, 0.3) is 5.91 Å². The molecule has 1 rings (SSSR count). The van der Waals surface area contributed by atoms with Crippen LogP contribution in [-0.4, -0.2) is 47.9 Å². The van der Waals surface area contributed by atoms with Crippen molar-refractivity contribution in [2.75, 3.05) is 19.8 Å². The zero-order chi connectivity index (χ0) is 15.0. The number of amides is 1. The number of rotatable bonds is 8. The lowest BCUT2D eigenvalue weighted by Gasteiger charge is -2.09. The van der Waals surface area contributed by atoms with Crippen molar-refractivity contribution in [2.24, 2.45) is 5.73 Å². The predicted octanol–water partition coefficient (Wildman–Crippen LogP) is -0.872. The highest BCUT2D eigenvalue weighted by Crippen LogP contribution is 2.13. The van der Waals surface area contributed by atoms with Crippen LogP contribution < -0.4 is 15.8 Å². The van der Waals surface area contributed by atoms with Crippen LogP contribution in [0, 0.1) is 0 Å². The van der Waals surface area contributed by atoms with Gasteiger partial charge in [-0.25, -0.2) is 0 Å². The molecule has 5 N–H and O–H groups in total. The van der Waals surface area contributed by atoms with Crippen molar-refractivity contribution in [3.8, 4) is 5.75 Å². The predicted molar refractivity (Wildman–Crippen MR) is 71.3 cm³/mol. The maximum atomic E-state index is 11.2. The Hall–Kier alpha value is -2.12. The van der Waals surface area contributed by atoms with Crippen molar-refractivity contribution >= 4 is 11.9 Å². The molecule has 1 aromatic carbocycles. The molecule has 110 valence electrons. The van der Waals surface area contributed by atoms with Gasteiger partial charge in [0, 0.05) is 6.54 Å². The summed E-state index contributed by atoms with van der Waals surface area (Å²) in [6, 6.07) is 5.74. The normalized spacial score (nSPS) is 11.7. The van der Waals surface area contributed by atoms with Crippen molar-refractivity contribution in [1.82, 2.24) is 5.32 Å². The first kappa shape index (κ1) is 15.9. The lowest BCUT2D eigenvalue weighted by atomic mass is 10.1. The van der Waals surface area contributed by atoms with Gasteiger partial charge in [0.15, 0.2) is 6.61 Å². The molecule has 7 nitrogen and oxygen atoms in total. The maximum absolute atomic E-state index is 11.2. The van der Waals surface area contributed by atoms with Crippen LogP contribution in [0.3, 0.4) is 0 Å². The van der Waals surface area contributed by atoms with E-state index in [1.54, 1.807) is 24.3 Å². The van der Waals surface area contributed by atoms with Gasteiger partial charge in [-0.1, -0.05) is 12.1 Å². The fourth-order valence-electron chi connectivity index (χ4n) is 1.46. The number of carbonyl (C=O) groups is 2. The van der Waals surface area contributed by atoms with Gasteiger partial charge in [0.1, 0.15) is 11.8 Å². The Labute approximate surface area is 116 Å². The highest BCUT2D eigenvalue weighted by molar-refractivity contribution is 5.77. The van der Waals surface area contributed by atoms with Crippen molar-refractivity contribution < 1.29 is 24.5 Å². The van der Waals surface area contributed by atoms with Crippen LogP contribution >= 0.6 is 0 Å². The van der Waals surface area contributed by atoms with Gasteiger partial charge in [-0.3, -0.25) is 9.59 Å². The summed E-state index contributed by atoms with van der Waals surface area (Å²) in [4.78, 5) is 21.9. The molecule has 0 saturated heterocycles. The topological polar surface area (TPSA) is 122 Å². The van der Waals surface area contributed by atoms with Gasteiger partial charge < -0.3 is 26.0 Å². The van der Waals surface area contributed by atoms with Gasteiger partial charge in [-0.15, -0.1) is 0 Å². The zero-order valence-electron chi connectivity index (χ0n) is 10.9.